The summed E-state index contributed by atoms with van der Waals surface area (Å²) in [6.45, 7) is 14.3. The molecular weight excluding hydrogens is 904 g/mol. The number of alkyl carbamates (subject to hydrolysis) is 1. The number of aromatic nitrogens is 3. The number of benzene rings is 1. The minimum Gasteiger partial charge on any atom is -0.445 e. The number of rotatable bonds is 15. The highest BCUT2D eigenvalue weighted by Gasteiger charge is 2.45. The van der Waals surface area contributed by atoms with Crippen LogP contribution in [0.25, 0.3) is 11.0 Å². The van der Waals surface area contributed by atoms with Crippen LogP contribution in [0.4, 0.5) is 16.5 Å². The molecule has 0 radical (unpaired) electrons. The minimum absolute atomic E-state index is 0.0280. The molecule has 0 saturated carbocycles. The number of aryl methyl sites for hydroxylation is 1. The van der Waals surface area contributed by atoms with E-state index in [4.69, 9.17) is 25.5 Å². The van der Waals surface area contributed by atoms with Crippen molar-refractivity contribution in [3.8, 4) is 0 Å². The number of nitrogens with zero attached hydrogens (tertiary/aromatic N) is 7. The number of carbonyl (C=O) groups excluding carboxylic acids is 5. The third kappa shape index (κ3) is 12.4. The molecule has 4 aliphatic heterocycles. The van der Waals surface area contributed by atoms with Crippen molar-refractivity contribution in [2.45, 2.75) is 108 Å². The number of amides is 5. The number of aromatic amines is 1. The van der Waals surface area contributed by atoms with Gasteiger partial charge in [-0.15, -0.1) is 0 Å². The number of anilines is 2. The van der Waals surface area contributed by atoms with Gasteiger partial charge < -0.3 is 49.1 Å². The van der Waals surface area contributed by atoms with E-state index in [0.717, 1.165) is 67.7 Å². The number of ether oxygens (including phenoxy) is 2. The van der Waals surface area contributed by atoms with E-state index in [1.54, 1.807) is 32.9 Å². The van der Waals surface area contributed by atoms with Crippen LogP contribution in [0.3, 0.4) is 0 Å². The van der Waals surface area contributed by atoms with E-state index in [9.17, 15) is 24.0 Å². The van der Waals surface area contributed by atoms with Gasteiger partial charge in [-0.25, -0.2) is 14.8 Å². The molecule has 4 fully saturated rings. The Morgan fingerprint density at radius 1 is 0.928 bits per heavy atom. The van der Waals surface area contributed by atoms with E-state index >= 15 is 0 Å². The molecule has 370 valence electrons. The van der Waals surface area contributed by atoms with Gasteiger partial charge in [0, 0.05) is 89.0 Å². The Morgan fingerprint density at radius 2 is 1.64 bits per heavy atom. The Hall–Kier alpha value is -5.98. The fraction of sp³-hybridized carbons (Fsp3) is 0.540. The molecule has 18 nitrogen and oxygen atoms in total. The Kier molecular flexibility index (Phi) is 15.6. The van der Waals surface area contributed by atoms with Gasteiger partial charge in [0.2, 0.25) is 29.5 Å². The van der Waals surface area contributed by atoms with E-state index in [0.29, 0.717) is 88.0 Å². The van der Waals surface area contributed by atoms with Gasteiger partial charge >= 0.3 is 6.09 Å². The van der Waals surface area contributed by atoms with Crippen LogP contribution < -0.4 is 20.4 Å². The van der Waals surface area contributed by atoms with Gasteiger partial charge in [-0.2, -0.15) is 0 Å². The molecule has 0 bridgehead atoms. The second-order valence-electron chi connectivity index (χ2n) is 19.5. The second kappa shape index (κ2) is 21.8. The number of piperidine rings is 3. The highest BCUT2D eigenvalue weighted by atomic mass is 35.5. The number of nitrogens with one attached hydrogen (secondary N) is 3. The SMILES string of the molecule is C=CC(=O)N1CCN(c2ccc(CCC(=O)N3CCC(OC4CCN(CC[C@H](NC(=O)C5(NC(=O)OC(C)(C)C)CCN(c6ncnc7[nH]ccc67)CC5)c5ccc(Cl)cc5)CC4)CC3)o2)C(=O)C1. The molecule has 5 amide bonds. The summed E-state index contributed by atoms with van der Waals surface area (Å²) >= 11 is 6.32. The third-order valence-corrected chi connectivity index (χ3v) is 13.9. The van der Waals surface area contributed by atoms with Crippen LogP contribution in [0.1, 0.15) is 89.5 Å². The van der Waals surface area contributed by atoms with Gasteiger partial charge in [-0.05, 0) is 102 Å². The highest BCUT2D eigenvalue weighted by Crippen LogP contribution is 2.32. The van der Waals surface area contributed by atoms with E-state index < -0.39 is 17.2 Å². The van der Waals surface area contributed by atoms with E-state index in [1.165, 1.54) is 22.2 Å². The van der Waals surface area contributed by atoms with Crippen LogP contribution in [-0.4, -0.2) is 148 Å². The summed E-state index contributed by atoms with van der Waals surface area (Å²) in [5.41, 5.74) is -0.315. The summed E-state index contributed by atoms with van der Waals surface area (Å²) in [5, 5.41) is 7.86. The lowest BCUT2D eigenvalue weighted by molar-refractivity contribution is -0.135. The summed E-state index contributed by atoms with van der Waals surface area (Å²) in [6.07, 6.45) is 9.53. The van der Waals surface area contributed by atoms with Crippen LogP contribution in [0.5, 0.6) is 0 Å². The zero-order valence-electron chi connectivity index (χ0n) is 39.9. The molecule has 1 atom stereocenters. The zero-order valence-corrected chi connectivity index (χ0v) is 40.7. The van der Waals surface area contributed by atoms with Crippen molar-refractivity contribution in [1.82, 2.24) is 40.3 Å². The average molecular weight is 970 g/mol. The smallest absolute Gasteiger partial charge is 0.408 e. The molecular formula is C50H65ClN10O8. The van der Waals surface area contributed by atoms with Crippen LogP contribution in [0.15, 0.2) is 72.1 Å². The molecule has 19 heteroatoms. The summed E-state index contributed by atoms with van der Waals surface area (Å²) in [6, 6.07) is 12.7. The van der Waals surface area contributed by atoms with Gasteiger partial charge in [0.05, 0.1) is 23.6 Å². The molecule has 69 heavy (non-hydrogen) atoms. The number of piperazine rings is 1. The van der Waals surface area contributed by atoms with Crippen LogP contribution in [0, 0.1) is 0 Å². The lowest BCUT2D eigenvalue weighted by atomic mass is 9.85. The first-order chi connectivity index (χ1) is 33.1. The minimum atomic E-state index is -1.23. The van der Waals surface area contributed by atoms with Crippen molar-refractivity contribution in [1.29, 1.82) is 0 Å². The second-order valence-corrected chi connectivity index (χ2v) is 19.9. The molecule has 3 aromatic heterocycles. The number of likely N-dealkylation sites (tertiary alicyclic amines) is 2. The normalized spacial score (nSPS) is 19.1. The number of halogens is 1. The number of hydrogen-bond donors (Lipinski definition) is 3. The third-order valence-electron chi connectivity index (χ3n) is 13.7. The van der Waals surface area contributed by atoms with Crippen molar-refractivity contribution in [3.05, 3.63) is 84.0 Å². The standard InChI is InChI=1S/C50H65ClN10O8/c1-5-41(62)60-30-31-61(43(64)32-60)44-13-11-36(68-44)10-12-42(63)58-26-17-38(18-27-58)67-37-15-23-57(24-16-37)25-19-40(34-6-8-35(51)9-7-34)55-47(65)50(56-48(66)69-49(2,3)4)20-28-59(29-21-50)46-39-14-22-52-45(39)53-33-54-46/h5-9,11,13-14,22,33,37-38,40H,1,10,12,15-21,23-32H2,2-4H3,(H,55,65)(H,56,66)(H,52,53,54)/t40-/m0/s1. The number of fused-ring (bicyclic) bond motifs is 1. The summed E-state index contributed by atoms with van der Waals surface area (Å²) < 4.78 is 18.3. The first kappa shape index (κ1) is 49.4. The summed E-state index contributed by atoms with van der Waals surface area (Å²) in [5.74, 6) is 1.15. The summed E-state index contributed by atoms with van der Waals surface area (Å²) in [4.78, 5) is 87.4. The Balaban J connectivity index is 0.800. The summed E-state index contributed by atoms with van der Waals surface area (Å²) in [7, 11) is 0. The predicted octanol–water partition coefficient (Wildman–Crippen LogP) is 5.78. The lowest BCUT2D eigenvalue weighted by Gasteiger charge is -2.42. The maximum Gasteiger partial charge on any atom is 0.408 e. The molecule has 0 unspecified atom stereocenters. The van der Waals surface area contributed by atoms with Crippen LogP contribution >= 0.6 is 11.6 Å². The maximum absolute atomic E-state index is 14.7. The fourth-order valence-corrected chi connectivity index (χ4v) is 9.91. The zero-order chi connectivity index (χ0) is 48.7. The van der Waals surface area contributed by atoms with Crippen molar-refractivity contribution in [3.63, 3.8) is 0 Å². The fourth-order valence-electron chi connectivity index (χ4n) is 9.78. The number of hydrogen-bond acceptors (Lipinski definition) is 12. The molecule has 0 aliphatic carbocycles. The van der Waals surface area contributed by atoms with Crippen LogP contribution in [0.2, 0.25) is 5.02 Å². The topological polar surface area (TPSA) is 199 Å². The molecule has 0 spiro atoms. The molecule has 8 rings (SSSR count). The van der Waals surface area contributed by atoms with Crippen molar-refractivity contribution < 1.29 is 37.9 Å². The van der Waals surface area contributed by atoms with E-state index in [2.05, 4.69) is 42.0 Å². The molecule has 1 aromatic carbocycles. The van der Waals surface area contributed by atoms with E-state index in [1.807, 2.05) is 41.4 Å². The molecule has 7 heterocycles. The lowest BCUT2D eigenvalue weighted by Crippen LogP contribution is -2.64. The van der Waals surface area contributed by atoms with Gasteiger partial charge in [0.25, 0.3) is 0 Å². The first-order valence-electron chi connectivity index (χ1n) is 24.2. The highest BCUT2D eigenvalue weighted by molar-refractivity contribution is 6.30. The van der Waals surface area contributed by atoms with Crippen LogP contribution in [-0.2, 0) is 35.1 Å². The van der Waals surface area contributed by atoms with Crippen molar-refractivity contribution >= 4 is 64.1 Å². The van der Waals surface area contributed by atoms with Gasteiger partial charge in [0.1, 0.15) is 41.2 Å². The van der Waals surface area contributed by atoms with Gasteiger partial charge in [-0.1, -0.05) is 30.3 Å². The maximum atomic E-state index is 14.7. The molecule has 3 N–H and O–H groups in total. The monoisotopic (exact) mass is 968 g/mol. The number of H-pyrrole nitrogens is 1. The average Bonchev–Trinajstić information content (AvgIpc) is 4.03. The van der Waals surface area contributed by atoms with Gasteiger partial charge in [-0.3, -0.25) is 24.1 Å². The quantitative estimate of drug-likeness (QED) is 0.122. The largest absolute Gasteiger partial charge is 0.445 e. The van der Waals surface area contributed by atoms with Gasteiger partial charge in [0.15, 0.2) is 0 Å². The van der Waals surface area contributed by atoms with E-state index in [-0.39, 0.29) is 48.4 Å². The molecule has 4 saturated heterocycles. The number of furan rings is 1. The molecule has 4 aliphatic rings. The first-order valence-corrected chi connectivity index (χ1v) is 24.6. The Labute approximate surface area is 408 Å². The Bertz CT molecular complexity index is 2450. The number of carbonyl (C=O) groups is 5. The molecule has 4 aromatic rings. The predicted molar refractivity (Wildman–Crippen MR) is 261 cm³/mol. The van der Waals surface area contributed by atoms with Crippen molar-refractivity contribution in [2.75, 3.05) is 75.2 Å². The Morgan fingerprint density at radius 3 is 2.32 bits per heavy atom. The van der Waals surface area contributed by atoms with Crippen molar-refractivity contribution in [2.24, 2.45) is 0 Å².